The summed E-state index contributed by atoms with van der Waals surface area (Å²) >= 11 is 0. The molecule has 3 rings (SSSR count). The Morgan fingerprint density at radius 3 is 2.35 bits per heavy atom. The predicted octanol–water partition coefficient (Wildman–Crippen LogP) is 0.806. The molecule has 0 unspecified atom stereocenters. The molecule has 0 saturated heterocycles. The number of carbonyl (C=O) groups is 1. The minimum absolute atomic E-state index is 0.00370. The zero-order valence-corrected chi connectivity index (χ0v) is 16.2. The fraction of sp³-hybridized carbons (Fsp3) is 0.588. The first-order chi connectivity index (χ1) is 11.9. The number of imidazole rings is 1. The SMILES string of the molecule is CC1=NN(CC(=O)C(C)(C)C)c2nc3c(c(=O)n(C)c(=O)n3C)n2[C@@H]1C. The highest BCUT2D eigenvalue weighted by Gasteiger charge is 2.33. The first-order valence-electron chi connectivity index (χ1n) is 8.49. The highest BCUT2D eigenvalue weighted by atomic mass is 16.2. The second-order valence-electron chi connectivity index (χ2n) is 7.81. The van der Waals surface area contributed by atoms with Crippen LogP contribution in [-0.4, -0.2) is 36.7 Å². The average molecular weight is 360 g/mol. The van der Waals surface area contributed by atoms with E-state index in [2.05, 4.69) is 10.1 Å². The summed E-state index contributed by atoms with van der Waals surface area (Å²) < 4.78 is 4.17. The van der Waals surface area contributed by atoms with Crippen LogP contribution in [0.3, 0.4) is 0 Å². The van der Waals surface area contributed by atoms with Gasteiger partial charge in [-0.05, 0) is 13.8 Å². The zero-order chi connectivity index (χ0) is 19.5. The maximum Gasteiger partial charge on any atom is 0.332 e. The standard InChI is InChI=1S/C17H24N6O3/c1-9-10(2)23-12-13(20(6)16(26)21(7)14(12)25)18-15(23)22(19-9)8-11(24)17(3,4)5/h10H,8H2,1-7H3/t10-/m1/s1. The van der Waals surface area contributed by atoms with Crippen molar-refractivity contribution in [2.75, 3.05) is 11.6 Å². The van der Waals surface area contributed by atoms with E-state index in [1.165, 1.54) is 16.6 Å². The van der Waals surface area contributed by atoms with Crippen LogP contribution in [-0.2, 0) is 18.9 Å². The Bertz CT molecular complexity index is 1060. The third-order valence-corrected chi connectivity index (χ3v) is 4.90. The second-order valence-corrected chi connectivity index (χ2v) is 7.81. The molecule has 0 bridgehead atoms. The van der Waals surface area contributed by atoms with Crippen molar-refractivity contribution in [3.8, 4) is 0 Å². The molecule has 0 radical (unpaired) electrons. The minimum Gasteiger partial charge on any atom is -0.297 e. The van der Waals surface area contributed by atoms with E-state index in [-0.39, 0.29) is 24.0 Å². The maximum atomic E-state index is 12.7. The van der Waals surface area contributed by atoms with Crippen molar-refractivity contribution in [3.05, 3.63) is 20.8 Å². The Labute approximate surface area is 150 Å². The fourth-order valence-electron chi connectivity index (χ4n) is 2.94. The van der Waals surface area contributed by atoms with Crippen molar-refractivity contribution < 1.29 is 4.79 Å². The number of nitrogens with zero attached hydrogens (tertiary/aromatic N) is 6. The van der Waals surface area contributed by atoms with E-state index < -0.39 is 16.7 Å². The van der Waals surface area contributed by atoms with Gasteiger partial charge in [0.15, 0.2) is 16.9 Å². The van der Waals surface area contributed by atoms with Crippen LogP contribution in [0.1, 0.15) is 40.7 Å². The van der Waals surface area contributed by atoms with Gasteiger partial charge in [-0.1, -0.05) is 20.8 Å². The summed E-state index contributed by atoms with van der Waals surface area (Å²) in [6.07, 6.45) is 0. The van der Waals surface area contributed by atoms with Crippen LogP contribution >= 0.6 is 0 Å². The molecule has 2 aromatic heterocycles. The molecule has 0 N–H and O–H groups in total. The number of carbonyl (C=O) groups excluding carboxylic acids is 1. The minimum atomic E-state index is -0.522. The van der Waals surface area contributed by atoms with Gasteiger partial charge in [0.05, 0.1) is 11.8 Å². The normalized spacial score (nSPS) is 17.4. The molecule has 0 fully saturated rings. The molecule has 9 nitrogen and oxygen atoms in total. The lowest BCUT2D eigenvalue weighted by molar-refractivity contribution is -0.124. The summed E-state index contributed by atoms with van der Waals surface area (Å²) in [5, 5.41) is 6.03. The number of aromatic nitrogens is 4. The van der Waals surface area contributed by atoms with Gasteiger partial charge in [0.2, 0.25) is 5.95 Å². The smallest absolute Gasteiger partial charge is 0.297 e. The molecule has 9 heteroatoms. The number of hydrazone groups is 1. The van der Waals surface area contributed by atoms with Crippen LogP contribution < -0.4 is 16.3 Å². The lowest BCUT2D eigenvalue weighted by Gasteiger charge is -2.30. The molecule has 0 amide bonds. The van der Waals surface area contributed by atoms with Crippen LogP contribution in [0.15, 0.2) is 14.7 Å². The number of Topliss-reactive ketones (excluding diaryl/α,β-unsaturated/α-hetero) is 1. The molecule has 0 saturated carbocycles. The number of aryl methyl sites for hydroxylation is 1. The third kappa shape index (κ3) is 2.49. The van der Waals surface area contributed by atoms with Crippen LogP contribution in [0.2, 0.25) is 0 Å². The van der Waals surface area contributed by atoms with Gasteiger partial charge in [0, 0.05) is 19.5 Å². The number of fused-ring (bicyclic) bond motifs is 3. The van der Waals surface area contributed by atoms with Gasteiger partial charge in [-0.25, -0.2) is 9.80 Å². The van der Waals surface area contributed by atoms with Gasteiger partial charge in [-0.3, -0.25) is 23.3 Å². The molecule has 3 heterocycles. The van der Waals surface area contributed by atoms with Crippen molar-refractivity contribution in [1.82, 2.24) is 18.7 Å². The van der Waals surface area contributed by atoms with Crippen molar-refractivity contribution >= 4 is 28.6 Å². The van der Waals surface area contributed by atoms with Gasteiger partial charge in [-0.15, -0.1) is 0 Å². The van der Waals surface area contributed by atoms with Gasteiger partial charge >= 0.3 is 5.69 Å². The first kappa shape index (κ1) is 18.1. The summed E-state index contributed by atoms with van der Waals surface area (Å²) in [7, 11) is 3.02. The topological polar surface area (TPSA) is 94.5 Å². The third-order valence-electron chi connectivity index (χ3n) is 4.90. The molecular formula is C17H24N6O3. The van der Waals surface area contributed by atoms with E-state index in [1.54, 1.807) is 11.6 Å². The molecule has 0 aromatic carbocycles. The Morgan fingerprint density at radius 1 is 1.15 bits per heavy atom. The molecule has 0 spiro atoms. The Morgan fingerprint density at radius 2 is 1.77 bits per heavy atom. The van der Waals surface area contributed by atoms with Crippen molar-refractivity contribution in [3.63, 3.8) is 0 Å². The molecule has 1 aliphatic heterocycles. The molecule has 26 heavy (non-hydrogen) atoms. The fourth-order valence-corrected chi connectivity index (χ4v) is 2.94. The van der Waals surface area contributed by atoms with Crippen molar-refractivity contribution in [2.45, 2.75) is 40.7 Å². The Kier molecular flexibility index (Phi) is 3.93. The molecule has 0 aliphatic carbocycles. The Hall–Kier alpha value is -2.71. The highest BCUT2D eigenvalue weighted by molar-refractivity contribution is 5.93. The van der Waals surface area contributed by atoms with Gasteiger partial charge in [0.25, 0.3) is 5.56 Å². The maximum absolute atomic E-state index is 12.7. The van der Waals surface area contributed by atoms with Crippen LogP contribution in [0.4, 0.5) is 5.95 Å². The van der Waals surface area contributed by atoms with E-state index in [9.17, 15) is 14.4 Å². The molecule has 1 aliphatic rings. The summed E-state index contributed by atoms with van der Waals surface area (Å²) in [5.74, 6) is 0.401. The first-order valence-corrected chi connectivity index (χ1v) is 8.49. The molecule has 1 atom stereocenters. The Balaban J connectivity index is 2.29. The second kappa shape index (κ2) is 5.65. The van der Waals surface area contributed by atoms with E-state index >= 15 is 0 Å². The van der Waals surface area contributed by atoms with Gasteiger partial charge in [-0.2, -0.15) is 10.1 Å². The summed E-state index contributed by atoms with van der Waals surface area (Å²) in [6.45, 7) is 9.35. The molecule has 2 aromatic rings. The van der Waals surface area contributed by atoms with Crippen LogP contribution in [0.5, 0.6) is 0 Å². The van der Waals surface area contributed by atoms with Crippen LogP contribution in [0.25, 0.3) is 11.2 Å². The summed E-state index contributed by atoms with van der Waals surface area (Å²) in [6, 6.07) is -0.207. The number of hydrogen-bond donors (Lipinski definition) is 0. The lowest BCUT2D eigenvalue weighted by atomic mass is 9.91. The number of hydrogen-bond acceptors (Lipinski definition) is 6. The lowest BCUT2D eigenvalue weighted by Crippen LogP contribution is -2.40. The van der Waals surface area contributed by atoms with Crippen molar-refractivity contribution in [1.29, 1.82) is 0 Å². The van der Waals surface area contributed by atoms with Crippen LogP contribution in [0, 0.1) is 5.41 Å². The number of anilines is 1. The monoisotopic (exact) mass is 360 g/mol. The number of ketones is 1. The van der Waals surface area contributed by atoms with Crippen molar-refractivity contribution in [2.24, 2.45) is 24.6 Å². The van der Waals surface area contributed by atoms with E-state index in [1.807, 2.05) is 34.6 Å². The highest BCUT2D eigenvalue weighted by Crippen LogP contribution is 2.30. The van der Waals surface area contributed by atoms with E-state index in [0.717, 1.165) is 10.3 Å². The largest absolute Gasteiger partial charge is 0.332 e. The van der Waals surface area contributed by atoms with Gasteiger partial charge < -0.3 is 0 Å². The average Bonchev–Trinajstić information content (AvgIpc) is 2.95. The summed E-state index contributed by atoms with van der Waals surface area (Å²) in [5.41, 5.74) is 0.00450. The predicted molar refractivity (Wildman–Crippen MR) is 99.8 cm³/mol. The quantitative estimate of drug-likeness (QED) is 0.790. The van der Waals surface area contributed by atoms with E-state index in [4.69, 9.17) is 0 Å². The molecule has 140 valence electrons. The van der Waals surface area contributed by atoms with E-state index in [0.29, 0.717) is 11.5 Å². The number of rotatable bonds is 2. The van der Waals surface area contributed by atoms with Gasteiger partial charge in [0.1, 0.15) is 6.54 Å². The molecular weight excluding hydrogens is 336 g/mol. The zero-order valence-electron chi connectivity index (χ0n) is 16.2. The summed E-state index contributed by atoms with van der Waals surface area (Å²) in [4.78, 5) is 42.0.